The van der Waals surface area contributed by atoms with Crippen molar-refractivity contribution in [2.75, 3.05) is 24.8 Å². The minimum Gasteiger partial charge on any atom is -0.493 e. The number of aromatic nitrogens is 1. The van der Waals surface area contributed by atoms with Crippen LogP contribution in [0.3, 0.4) is 0 Å². The molecule has 0 spiro atoms. The number of hydrogen-bond acceptors (Lipinski definition) is 5. The van der Waals surface area contributed by atoms with Crippen LogP contribution in [0.2, 0.25) is 0 Å². The summed E-state index contributed by atoms with van der Waals surface area (Å²) < 4.78 is 10.7. The molecule has 0 aliphatic rings. The van der Waals surface area contributed by atoms with E-state index in [9.17, 15) is 4.79 Å². The number of pyridine rings is 1. The van der Waals surface area contributed by atoms with Gasteiger partial charge in [-0.05, 0) is 31.2 Å². The smallest absolute Gasteiger partial charge is 0.230 e. The van der Waals surface area contributed by atoms with Crippen molar-refractivity contribution in [1.82, 2.24) is 4.98 Å². The number of nitrogens with one attached hydrogen (secondary N) is 1. The lowest BCUT2D eigenvalue weighted by atomic mass is 10.2. The van der Waals surface area contributed by atoms with E-state index in [0.717, 1.165) is 0 Å². The van der Waals surface area contributed by atoms with Crippen LogP contribution in [-0.4, -0.2) is 24.6 Å². The minimum atomic E-state index is -0.163. The molecule has 6 nitrogen and oxygen atoms in total. The maximum absolute atomic E-state index is 12.0. The van der Waals surface area contributed by atoms with E-state index in [0.29, 0.717) is 35.2 Å². The number of anilines is 2. The summed E-state index contributed by atoms with van der Waals surface area (Å²) in [7, 11) is 1.56. The monoisotopic (exact) mass is 337 g/mol. The highest BCUT2D eigenvalue weighted by atomic mass is 35.5. The molecule has 1 heterocycles. The Morgan fingerprint density at radius 2 is 2.04 bits per heavy atom. The highest BCUT2D eigenvalue weighted by Crippen LogP contribution is 2.30. The summed E-state index contributed by atoms with van der Waals surface area (Å²) in [6.07, 6.45) is 1.71. The molecule has 23 heavy (non-hydrogen) atoms. The van der Waals surface area contributed by atoms with Gasteiger partial charge >= 0.3 is 0 Å². The maximum Gasteiger partial charge on any atom is 0.230 e. The first-order valence-corrected chi connectivity index (χ1v) is 6.93. The molecular formula is C16H20ClN3O3. The number of benzene rings is 1. The van der Waals surface area contributed by atoms with Crippen molar-refractivity contribution in [3.63, 3.8) is 0 Å². The molecule has 0 bridgehead atoms. The summed E-state index contributed by atoms with van der Waals surface area (Å²) in [5, 5.41) is 2.80. The molecule has 124 valence electrons. The summed E-state index contributed by atoms with van der Waals surface area (Å²) >= 11 is 0. The molecule has 0 radical (unpaired) electrons. The molecule has 7 heteroatoms. The second-order valence-electron chi connectivity index (χ2n) is 4.61. The number of carbonyl (C=O) groups is 1. The molecular weight excluding hydrogens is 318 g/mol. The van der Waals surface area contributed by atoms with Crippen molar-refractivity contribution in [2.45, 2.75) is 13.3 Å². The molecule has 0 saturated carbocycles. The van der Waals surface area contributed by atoms with Crippen LogP contribution < -0.4 is 20.5 Å². The summed E-state index contributed by atoms with van der Waals surface area (Å²) in [6, 6.07) is 8.70. The van der Waals surface area contributed by atoms with Crippen molar-refractivity contribution in [3.05, 3.63) is 42.2 Å². The van der Waals surface area contributed by atoms with Crippen LogP contribution in [0.25, 0.3) is 0 Å². The van der Waals surface area contributed by atoms with Crippen molar-refractivity contribution >= 4 is 29.7 Å². The van der Waals surface area contributed by atoms with Crippen molar-refractivity contribution < 1.29 is 14.3 Å². The van der Waals surface area contributed by atoms with Gasteiger partial charge in [-0.25, -0.2) is 0 Å². The molecule has 0 aliphatic heterocycles. The summed E-state index contributed by atoms with van der Waals surface area (Å²) in [6.45, 7) is 2.44. The van der Waals surface area contributed by atoms with Crippen LogP contribution in [-0.2, 0) is 11.2 Å². The van der Waals surface area contributed by atoms with Gasteiger partial charge in [-0.2, -0.15) is 0 Å². The Balaban J connectivity index is 0.00000264. The van der Waals surface area contributed by atoms with E-state index >= 15 is 0 Å². The number of ether oxygens (including phenoxy) is 2. The zero-order chi connectivity index (χ0) is 15.9. The van der Waals surface area contributed by atoms with Gasteiger partial charge in [0.15, 0.2) is 11.5 Å². The Kier molecular flexibility index (Phi) is 7.15. The Morgan fingerprint density at radius 3 is 2.65 bits per heavy atom. The quantitative estimate of drug-likeness (QED) is 0.846. The van der Waals surface area contributed by atoms with Gasteiger partial charge in [-0.3, -0.25) is 9.78 Å². The maximum atomic E-state index is 12.0. The highest BCUT2D eigenvalue weighted by Gasteiger charge is 2.09. The van der Waals surface area contributed by atoms with E-state index in [4.69, 9.17) is 15.2 Å². The Labute approximate surface area is 141 Å². The van der Waals surface area contributed by atoms with E-state index < -0.39 is 0 Å². The second kappa shape index (κ2) is 8.85. The SMILES string of the molecule is CCOc1ccc(NC(=O)Cc2ccc(N)cn2)cc1OC.Cl. The summed E-state index contributed by atoms with van der Waals surface area (Å²) in [5.74, 6) is 1.05. The van der Waals surface area contributed by atoms with Crippen molar-refractivity contribution in [2.24, 2.45) is 0 Å². The molecule has 0 atom stereocenters. The largest absolute Gasteiger partial charge is 0.493 e. The van der Waals surface area contributed by atoms with E-state index in [1.807, 2.05) is 6.92 Å². The van der Waals surface area contributed by atoms with E-state index in [2.05, 4.69) is 10.3 Å². The number of nitrogens with zero attached hydrogens (tertiary/aromatic N) is 1. The number of amides is 1. The lowest BCUT2D eigenvalue weighted by Gasteiger charge is -2.11. The van der Waals surface area contributed by atoms with Crippen molar-refractivity contribution in [3.8, 4) is 11.5 Å². The number of nitrogen functional groups attached to an aromatic ring is 1. The van der Waals surface area contributed by atoms with Gasteiger partial charge in [0.1, 0.15) is 0 Å². The van der Waals surface area contributed by atoms with Crippen LogP contribution in [0, 0.1) is 0 Å². The number of methoxy groups -OCH3 is 1. The molecule has 3 N–H and O–H groups in total. The highest BCUT2D eigenvalue weighted by molar-refractivity contribution is 5.92. The average molecular weight is 338 g/mol. The van der Waals surface area contributed by atoms with E-state index in [-0.39, 0.29) is 24.7 Å². The molecule has 0 unspecified atom stereocenters. The fourth-order valence-corrected chi connectivity index (χ4v) is 1.93. The van der Waals surface area contributed by atoms with Crippen molar-refractivity contribution in [1.29, 1.82) is 0 Å². The average Bonchev–Trinajstić information content (AvgIpc) is 2.51. The minimum absolute atomic E-state index is 0. The van der Waals surface area contributed by atoms with E-state index in [1.165, 1.54) is 6.20 Å². The number of nitrogens with two attached hydrogens (primary N) is 1. The molecule has 0 fully saturated rings. The van der Waals surface area contributed by atoms with Crippen LogP contribution in [0.1, 0.15) is 12.6 Å². The fraction of sp³-hybridized carbons (Fsp3) is 0.250. The lowest BCUT2D eigenvalue weighted by Crippen LogP contribution is -2.15. The van der Waals surface area contributed by atoms with Crippen LogP contribution in [0.4, 0.5) is 11.4 Å². The second-order valence-corrected chi connectivity index (χ2v) is 4.61. The number of rotatable bonds is 6. The predicted molar refractivity (Wildman–Crippen MR) is 92.4 cm³/mol. The molecule has 2 aromatic rings. The Hall–Kier alpha value is -2.47. The third-order valence-corrected chi connectivity index (χ3v) is 2.94. The summed E-state index contributed by atoms with van der Waals surface area (Å²) in [4.78, 5) is 16.1. The third-order valence-electron chi connectivity index (χ3n) is 2.94. The molecule has 1 aromatic carbocycles. The first-order chi connectivity index (χ1) is 10.6. The Bertz CT molecular complexity index is 648. The standard InChI is InChI=1S/C16H19N3O3.ClH/c1-3-22-14-7-6-13(8-15(14)21-2)19-16(20)9-12-5-4-11(17)10-18-12;/h4-8,10H,3,9,17H2,1-2H3,(H,19,20);1H. The normalized spacial score (nSPS) is 9.65. The van der Waals surface area contributed by atoms with Gasteiger partial charge in [0.2, 0.25) is 5.91 Å². The van der Waals surface area contributed by atoms with Crippen LogP contribution in [0.5, 0.6) is 11.5 Å². The first-order valence-electron chi connectivity index (χ1n) is 6.93. The topological polar surface area (TPSA) is 86.5 Å². The van der Waals surface area contributed by atoms with Gasteiger partial charge in [0.05, 0.1) is 32.0 Å². The van der Waals surface area contributed by atoms with Gasteiger partial charge in [0, 0.05) is 17.4 Å². The number of carbonyl (C=O) groups excluding carboxylic acids is 1. The van der Waals surface area contributed by atoms with Gasteiger partial charge in [-0.15, -0.1) is 12.4 Å². The van der Waals surface area contributed by atoms with E-state index in [1.54, 1.807) is 37.4 Å². The summed E-state index contributed by atoms with van der Waals surface area (Å²) in [5.41, 5.74) is 7.43. The van der Waals surface area contributed by atoms with Gasteiger partial charge in [-0.1, -0.05) is 0 Å². The number of halogens is 1. The number of hydrogen-bond donors (Lipinski definition) is 2. The zero-order valence-corrected chi connectivity index (χ0v) is 13.9. The molecule has 0 saturated heterocycles. The first kappa shape index (κ1) is 18.6. The van der Waals surface area contributed by atoms with Crippen LogP contribution >= 0.6 is 12.4 Å². The molecule has 1 aromatic heterocycles. The van der Waals surface area contributed by atoms with Crippen LogP contribution in [0.15, 0.2) is 36.5 Å². The van der Waals surface area contributed by atoms with Gasteiger partial charge < -0.3 is 20.5 Å². The Morgan fingerprint density at radius 1 is 1.26 bits per heavy atom. The lowest BCUT2D eigenvalue weighted by molar-refractivity contribution is -0.115. The zero-order valence-electron chi connectivity index (χ0n) is 13.0. The molecule has 0 aliphatic carbocycles. The third kappa shape index (κ3) is 5.34. The molecule has 2 rings (SSSR count). The molecule has 1 amide bonds. The fourth-order valence-electron chi connectivity index (χ4n) is 1.93. The van der Waals surface area contributed by atoms with Gasteiger partial charge in [0.25, 0.3) is 0 Å². The predicted octanol–water partition coefficient (Wildman–Crippen LogP) is 2.67.